The first kappa shape index (κ1) is 18.5. The van der Waals surface area contributed by atoms with E-state index in [2.05, 4.69) is 25.1 Å². The number of amides is 1. The van der Waals surface area contributed by atoms with Gasteiger partial charge in [-0.25, -0.2) is 0 Å². The number of nitro groups is 1. The van der Waals surface area contributed by atoms with Crippen molar-refractivity contribution in [3.63, 3.8) is 0 Å². The molecule has 1 atom stereocenters. The zero-order chi connectivity index (χ0) is 18.7. The maximum atomic E-state index is 12.8. The van der Waals surface area contributed by atoms with Gasteiger partial charge in [0.1, 0.15) is 0 Å². The van der Waals surface area contributed by atoms with E-state index in [4.69, 9.17) is 0 Å². The molecule has 2 aromatic carbocycles. The zero-order valence-corrected chi connectivity index (χ0v) is 15.8. The van der Waals surface area contributed by atoms with Gasteiger partial charge >= 0.3 is 0 Å². The van der Waals surface area contributed by atoms with Gasteiger partial charge in [0, 0.05) is 41.3 Å². The second-order valence-electron chi connectivity index (χ2n) is 6.56. The fourth-order valence-corrected chi connectivity index (χ4v) is 4.62. The molecule has 6 heteroatoms. The molecule has 26 heavy (non-hydrogen) atoms. The summed E-state index contributed by atoms with van der Waals surface area (Å²) in [6, 6.07) is 13.1. The van der Waals surface area contributed by atoms with E-state index in [1.165, 1.54) is 17.2 Å². The third kappa shape index (κ3) is 3.90. The number of carbonyl (C=O) groups excluding carboxylic acids is 1. The second kappa shape index (κ2) is 7.91. The third-order valence-electron chi connectivity index (χ3n) is 4.82. The molecule has 1 aliphatic rings. The summed E-state index contributed by atoms with van der Waals surface area (Å²) in [5.74, 6) is 0.734. The van der Waals surface area contributed by atoms with Crippen LogP contribution in [0.25, 0.3) is 0 Å². The van der Waals surface area contributed by atoms with Gasteiger partial charge in [-0.2, -0.15) is 11.8 Å². The summed E-state index contributed by atoms with van der Waals surface area (Å²) in [7, 11) is 0. The van der Waals surface area contributed by atoms with Crippen molar-refractivity contribution in [3.05, 3.63) is 74.8 Å². The van der Waals surface area contributed by atoms with Gasteiger partial charge in [-0.3, -0.25) is 14.9 Å². The molecule has 136 valence electrons. The van der Waals surface area contributed by atoms with Crippen molar-refractivity contribution in [2.45, 2.75) is 25.5 Å². The van der Waals surface area contributed by atoms with E-state index in [1.54, 1.807) is 19.1 Å². The molecule has 0 aromatic heterocycles. The maximum Gasteiger partial charge on any atom is 0.273 e. The number of nitrogens with zero attached hydrogens (tertiary/aromatic N) is 2. The first-order valence-corrected chi connectivity index (χ1v) is 9.73. The highest BCUT2D eigenvalue weighted by molar-refractivity contribution is 7.99. The lowest BCUT2D eigenvalue weighted by Crippen LogP contribution is -2.33. The minimum Gasteiger partial charge on any atom is -0.338 e. The minimum absolute atomic E-state index is 0.00201. The third-order valence-corrected chi connectivity index (χ3v) is 6.13. The molecular formula is C20H22N2O3S. The van der Waals surface area contributed by atoms with Crippen LogP contribution >= 0.6 is 11.8 Å². The van der Waals surface area contributed by atoms with Gasteiger partial charge in [0.2, 0.25) is 0 Å². The first-order chi connectivity index (χ1) is 12.5. The van der Waals surface area contributed by atoms with Crippen LogP contribution in [0.15, 0.2) is 42.5 Å². The number of rotatable bonds is 3. The molecular weight excluding hydrogens is 348 g/mol. The van der Waals surface area contributed by atoms with E-state index < -0.39 is 4.92 Å². The molecule has 5 nitrogen and oxygen atoms in total. The van der Waals surface area contributed by atoms with Crippen LogP contribution in [0.4, 0.5) is 5.69 Å². The Morgan fingerprint density at radius 1 is 1.15 bits per heavy atom. The number of hydrogen-bond acceptors (Lipinski definition) is 4. The Kier molecular flexibility index (Phi) is 5.61. The Morgan fingerprint density at radius 2 is 1.92 bits per heavy atom. The summed E-state index contributed by atoms with van der Waals surface area (Å²) >= 11 is 1.88. The van der Waals surface area contributed by atoms with E-state index >= 15 is 0 Å². The van der Waals surface area contributed by atoms with Crippen molar-refractivity contribution in [1.29, 1.82) is 0 Å². The van der Waals surface area contributed by atoms with Gasteiger partial charge in [-0.1, -0.05) is 30.3 Å². The summed E-state index contributed by atoms with van der Waals surface area (Å²) in [4.78, 5) is 25.4. The van der Waals surface area contributed by atoms with Gasteiger partial charge in [-0.15, -0.1) is 0 Å². The second-order valence-corrected chi connectivity index (χ2v) is 7.87. The standard InChI is InChI=1S/C20H22N2O3S/c1-14-5-3-4-6-17(14)19-9-10-21(11-12-26-19)20(23)16-8-7-15(2)18(13-16)22(24)25/h3-8,13,19H,9-12H2,1-2H3. The summed E-state index contributed by atoms with van der Waals surface area (Å²) in [6.07, 6.45) is 0.884. The van der Waals surface area contributed by atoms with Crippen LogP contribution in [-0.2, 0) is 0 Å². The fourth-order valence-electron chi connectivity index (χ4n) is 3.29. The Hall–Kier alpha value is -2.34. The molecule has 1 fully saturated rings. The SMILES string of the molecule is Cc1ccccc1C1CCN(C(=O)c2ccc(C)c([N+](=O)[O-])c2)CCS1. The molecule has 0 bridgehead atoms. The molecule has 1 amide bonds. The predicted octanol–water partition coefficient (Wildman–Crippen LogP) is 4.53. The van der Waals surface area contributed by atoms with Crippen molar-refractivity contribution in [1.82, 2.24) is 4.90 Å². The van der Waals surface area contributed by atoms with Crippen LogP contribution in [0, 0.1) is 24.0 Å². The molecule has 2 aromatic rings. The van der Waals surface area contributed by atoms with Crippen molar-refractivity contribution >= 4 is 23.4 Å². The Bertz CT molecular complexity index is 838. The van der Waals surface area contributed by atoms with Crippen LogP contribution in [0.2, 0.25) is 0 Å². The average Bonchev–Trinajstić information content (AvgIpc) is 2.88. The Labute approximate surface area is 157 Å². The largest absolute Gasteiger partial charge is 0.338 e. The summed E-state index contributed by atoms with van der Waals surface area (Å²) < 4.78 is 0. The molecule has 1 unspecified atom stereocenters. The van der Waals surface area contributed by atoms with Gasteiger partial charge in [0.05, 0.1) is 4.92 Å². The van der Waals surface area contributed by atoms with Gasteiger partial charge in [-0.05, 0) is 37.5 Å². The summed E-state index contributed by atoms with van der Waals surface area (Å²) in [5, 5.41) is 11.5. The Morgan fingerprint density at radius 3 is 2.65 bits per heavy atom. The van der Waals surface area contributed by atoms with Gasteiger partial charge < -0.3 is 4.90 Å². The fraction of sp³-hybridized carbons (Fsp3) is 0.350. The molecule has 0 spiro atoms. The average molecular weight is 370 g/mol. The van der Waals surface area contributed by atoms with Crippen LogP contribution in [0.3, 0.4) is 0 Å². The lowest BCUT2D eigenvalue weighted by Gasteiger charge is -2.21. The quantitative estimate of drug-likeness (QED) is 0.588. The predicted molar refractivity (Wildman–Crippen MR) is 105 cm³/mol. The van der Waals surface area contributed by atoms with Gasteiger partial charge in [0.25, 0.3) is 11.6 Å². The lowest BCUT2D eigenvalue weighted by molar-refractivity contribution is -0.385. The lowest BCUT2D eigenvalue weighted by atomic mass is 10.0. The highest BCUT2D eigenvalue weighted by atomic mass is 32.2. The van der Waals surface area contributed by atoms with E-state index in [9.17, 15) is 14.9 Å². The number of benzene rings is 2. The number of carbonyl (C=O) groups is 1. The van der Waals surface area contributed by atoms with Crippen molar-refractivity contribution in [2.75, 3.05) is 18.8 Å². The molecule has 3 rings (SSSR count). The van der Waals surface area contributed by atoms with E-state index in [0.717, 1.165) is 12.2 Å². The van der Waals surface area contributed by atoms with E-state index in [0.29, 0.717) is 29.5 Å². The highest BCUT2D eigenvalue weighted by Gasteiger charge is 2.25. The number of nitro benzene ring substituents is 1. The molecule has 1 saturated heterocycles. The van der Waals surface area contributed by atoms with Crippen LogP contribution in [0.1, 0.15) is 38.7 Å². The monoisotopic (exact) mass is 370 g/mol. The van der Waals surface area contributed by atoms with Crippen LogP contribution in [0.5, 0.6) is 0 Å². The van der Waals surface area contributed by atoms with E-state index in [-0.39, 0.29) is 11.6 Å². The molecule has 1 aliphatic heterocycles. The number of thioether (sulfide) groups is 1. The van der Waals surface area contributed by atoms with E-state index in [1.807, 2.05) is 22.7 Å². The molecule has 0 aliphatic carbocycles. The highest BCUT2D eigenvalue weighted by Crippen LogP contribution is 2.36. The normalized spacial score (nSPS) is 17.6. The Balaban J connectivity index is 1.75. The molecule has 0 N–H and O–H groups in total. The van der Waals surface area contributed by atoms with Gasteiger partial charge in [0.15, 0.2) is 0 Å². The molecule has 1 heterocycles. The van der Waals surface area contributed by atoms with Crippen molar-refractivity contribution in [3.8, 4) is 0 Å². The smallest absolute Gasteiger partial charge is 0.273 e. The zero-order valence-electron chi connectivity index (χ0n) is 15.0. The maximum absolute atomic E-state index is 12.8. The van der Waals surface area contributed by atoms with Crippen molar-refractivity contribution in [2.24, 2.45) is 0 Å². The van der Waals surface area contributed by atoms with Crippen molar-refractivity contribution < 1.29 is 9.72 Å². The minimum atomic E-state index is -0.432. The summed E-state index contributed by atoms with van der Waals surface area (Å²) in [5.41, 5.74) is 3.56. The topological polar surface area (TPSA) is 63.5 Å². The molecule has 0 radical (unpaired) electrons. The number of hydrogen-bond donors (Lipinski definition) is 0. The first-order valence-electron chi connectivity index (χ1n) is 8.69. The van der Waals surface area contributed by atoms with Crippen LogP contribution in [-0.4, -0.2) is 34.6 Å². The van der Waals surface area contributed by atoms with Crippen LogP contribution < -0.4 is 0 Å². The number of aryl methyl sites for hydroxylation is 2. The molecule has 0 saturated carbocycles. The summed E-state index contributed by atoms with van der Waals surface area (Å²) in [6.45, 7) is 5.12.